The summed E-state index contributed by atoms with van der Waals surface area (Å²) in [5.74, 6) is -0.0311. The van der Waals surface area contributed by atoms with Crippen molar-refractivity contribution in [2.45, 2.75) is 13.5 Å². The second-order valence-electron chi connectivity index (χ2n) is 6.75. The number of hydrogen-bond acceptors (Lipinski definition) is 3. The average Bonchev–Trinajstić information content (AvgIpc) is 3.17. The van der Waals surface area contributed by atoms with Gasteiger partial charge in [0.05, 0.1) is 10.6 Å². The first-order valence-electron chi connectivity index (χ1n) is 9.08. The van der Waals surface area contributed by atoms with Gasteiger partial charge < -0.3 is 4.57 Å². The summed E-state index contributed by atoms with van der Waals surface area (Å²) in [6, 6.07) is 16.2. The molecular formula is C23H21N3OS. The SMILES string of the molecule is C=CCn1cc(/C=C2/SC(=Nc3ccc(C)cc3)N(C)C2=O)c2ccccc21. The molecule has 1 saturated heterocycles. The van der Waals surface area contributed by atoms with Crippen LogP contribution in [0, 0.1) is 6.92 Å². The lowest BCUT2D eigenvalue weighted by Crippen LogP contribution is -2.23. The lowest BCUT2D eigenvalue weighted by molar-refractivity contribution is -0.121. The number of amidine groups is 1. The van der Waals surface area contributed by atoms with E-state index in [4.69, 9.17) is 0 Å². The Bertz CT molecular complexity index is 1120. The van der Waals surface area contributed by atoms with Crippen molar-refractivity contribution >= 4 is 45.5 Å². The van der Waals surface area contributed by atoms with E-state index in [1.165, 1.54) is 17.3 Å². The molecule has 1 aliphatic heterocycles. The fourth-order valence-corrected chi connectivity index (χ4v) is 4.18. The lowest BCUT2D eigenvalue weighted by Gasteiger charge is -2.07. The van der Waals surface area contributed by atoms with Crippen LogP contribution in [-0.2, 0) is 11.3 Å². The van der Waals surface area contributed by atoms with E-state index in [9.17, 15) is 4.79 Å². The van der Waals surface area contributed by atoms with E-state index in [2.05, 4.69) is 34.5 Å². The zero-order valence-corrected chi connectivity index (χ0v) is 16.7. The number of hydrogen-bond donors (Lipinski definition) is 0. The van der Waals surface area contributed by atoms with Gasteiger partial charge in [-0.15, -0.1) is 6.58 Å². The molecule has 0 aliphatic carbocycles. The van der Waals surface area contributed by atoms with Crippen LogP contribution in [-0.4, -0.2) is 27.6 Å². The van der Waals surface area contributed by atoms with Gasteiger partial charge in [0.25, 0.3) is 5.91 Å². The number of nitrogens with zero attached hydrogens (tertiary/aromatic N) is 3. The highest BCUT2D eigenvalue weighted by molar-refractivity contribution is 8.18. The van der Waals surface area contributed by atoms with Crippen LogP contribution in [0.15, 0.2) is 77.3 Å². The molecule has 2 heterocycles. The van der Waals surface area contributed by atoms with Gasteiger partial charge in [0.1, 0.15) is 0 Å². The maximum atomic E-state index is 12.8. The molecule has 0 spiro atoms. The van der Waals surface area contributed by atoms with Gasteiger partial charge in [-0.1, -0.05) is 42.0 Å². The van der Waals surface area contributed by atoms with Gasteiger partial charge in [0, 0.05) is 36.3 Å². The number of carbonyl (C=O) groups is 1. The first-order chi connectivity index (χ1) is 13.6. The molecule has 28 heavy (non-hydrogen) atoms. The van der Waals surface area contributed by atoms with Crippen molar-refractivity contribution in [3.63, 3.8) is 0 Å². The number of benzene rings is 2. The molecule has 4 rings (SSSR count). The van der Waals surface area contributed by atoms with Crippen LogP contribution in [0.1, 0.15) is 11.1 Å². The number of amides is 1. The van der Waals surface area contributed by atoms with Crippen LogP contribution in [0.25, 0.3) is 17.0 Å². The molecule has 0 saturated carbocycles. The highest BCUT2D eigenvalue weighted by Crippen LogP contribution is 2.34. The smallest absolute Gasteiger partial charge is 0.266 e. The molecule has 0 bridgehead atoms. The van der Waals surface area contributed by atoms with E-state index < -0.39 is 0 Å². The molecule has 1 aliphatic rings. The Morgan fingerprint density at radius 2 is 1.89 bits per heavy atom. The summed E-state index contributed by atoms with van der Waals surface area (Å²) in [6.45, 7) is 6.60. The summed E-state index contributed by atoms with van der Waals surface area (Å²) in [5.41, 5.74) is 4.19. The third-order valence-electron chi connectivity index (χ3n) is 4.69. The Morgan fingerprint density at radius 1 is 1.14 bits per heavy atom. The summed E-state index contributed by atoms with van der Waals surface area (Å²) in [5, 5.41) is 1.81. The van der Waals surface area contributed by atoms with Crippen LogP contribution >= 0.6 is 11.8 Å². The van der Waals surface area contributed by atoms with Gasteiger partial charge in [-0.25, -0.2) is 4.99 Å². The van der Waals surface area contributed by atoms with E-state index >= 15 is 0 Å². The van der Waals surface area contributed by atoms with Crippen molar-refractivity contribution in [1.82, 2.24) is 9.47 Å². The highest BCUT2D eigenvalue weighted by Gasteiger charge is 2.30. The molecule has 140 valence electrons. The van der Waals surface area contributed by atoms with Crippen LogP contribution < -0.4 is 0 Å². The Morgan fingerprint density at radius 3 is 2.64 bits per heavy atom. The average molecular weight is 388 g/mol. The normalized spacial score (nSPS) is 17.2. The van der Waals surface area contributed by atoms with E-state index in [0.29, 0.717) is 10.1 Å². The molecule has 2 aromatic carbocycles. The number of carbonyl (C=O) groups excluding carboxylic acids is 1. The predicted octanol–water partition coefficient (Wildman–Crippen LogP) is 5.37. The Balaban J connectivity index is 1.71. The molecule has 0 radical (unpaired) electrons. The molecule has 4 nitrogen and oxygen atoms in total. The standard InChI is InChI=1S/C23H21N3OS/c1-4-13-26-15-17(19-7-5-6-8-20(19)26)14-21-22(27)25(3)23(28-21)24-18-11-9-16(2)10-12-18/h4-12,14-15H,1,13H2,2-3H3/b21-14+,24-23?. The predicted molar refractivity (Wildman–Crippen MR) is 119 cm³/mol. The number of allylic oxidation sites excluding steroid dienone is 1. The number of likely N-dealkylation sites (N-methyl/N-ethyl adjacent to an activating group) is 1. The third-order valence-corrected chi connectivity index (χ3v) is 5.75. The highest BCUT2D eigenvalue weighted by atomic mass is 32.2. The molecule has 0 unspecified atom stereocenters. The van der Waals surface area contributed by atoms with Crippen LogP contribution in [0.2, 0.25) is 0 Å². The number of thioether (sulfide) groups is 1. The quantitative estimate of drug-likeness (QED) is 0.446. The first kappa shape index (κ1) is 18.3. The number of rotatable bonds is 4. The molecule has 1 fully saturated rings. The summed E-state index contributed by atoms with van der Waals surface area (Å²) in [7, 11) is 1.77. The molecular weight excluding hydrogens is 366 g/mol. The Kier molecular flexibility index (Phi) is 4.92. The van der Waals surface area contributed by atoms with E-state index in [-0.39, 0.29) is 5.91 Å². The lowest BCUT2D eigenvalue weighted by atomic mass is 10.1. The molecule has 5 heteroatoms. The minimum Gasteiger partial charge on any atom is -0.343 e. The van der Waals surface area contributed by atoms with E-state index in [0.717, 1.165) is 28.7 Å². The van der Waals surface area contributed by atoms with Crippen molar-refractivity contribution in [3.8, 4) is 0 Å². The van der Waals surface area contributed by atoms with Crippen molar-refractivity contribution < 1.29 is 4.79 Å². The van der Waals surface area contributed by atoms with Gasteiger partial charge in [0.2, 0.25) is 0 Å². The van der Waals surface area contributed by atoms with Gasteiger partial charge in [-0.2, -0.15) is 0 Å². The van der Waals surface area contributed by atoms with Crippen molar-refractivity contribution in [3.05, 3.63) is 83.4 Å². The Hall–Kier alpha value is -3.05. The Labute approximate surface area is 168 Å². The van der Waals surface area contributed by atoms with E-state index in [1.54, 1.807) is 11.9 Å². The molecule has 3 aromatic rings. The van der Waals surface area contributed by atoms with E-state index in [1.807, 2.05) is 55.5 Å². The minimum atomic E-state index is -0.0311. The topological polar surface area (TPSA) is 37.6 Å². The number of aliphatic imine (C=N–C) groups is 1. The minimum absolute atomic E-state index is 0.0311. The number of fused-ring (bicyclic) bond motifs is 1. The van der Waals surface area contributed by atoms with Crippen LogP contribution in [0.5, 0.6) is 0 Å². The van der Waals surface area contributed by atoms with Gasteiger partial charge in [-0.3, -0.25) is 9.69 Å². The fourth-order valence-electron chi connectivity index (χ4n) is 3.20. The molecule has 1 amide bonds. The van der Waals surface area contributed by atoms with Crippen molar-refractivity contribution in [2.75, 3.05) is 7.05 Å². The number of aromatic nitrogens is 1. The maximum absolute atomic E-state index is 12.8. The van der Waals surface area contributed by atoms with Crippen molar-refractivity contribution in [1.29, 1.82) is 0 Å². The van der Waals surface area contributed by atoms with Gasteiger partial charge >= 0.3 is 0 Å². The number of aryl methyl sites for hydroxylation is 1. The van der Waals surface area contributed by atoms with Crippen LogP contribution in [0.3, 0.4) is 0 Å². The number of para-hydroxylation sites is 1. The largest absolute Gasteiger partial charge is 0.343 e. The molecule has 0 atom stereocenters. The molecule has 0 N–H and O–H groups in total. The fraction of sp³-hybridized carbons (Fsp3) is 0.130. The van der Waals surface area contributed by atoms with Crippen LogP contribution in [0.4, 0.5) is 5.69 Å². The zero-order chi connectivity index (χ0) is 19.7. The summed E-state index contributed by atoms with van der Waals surface area (Å²) in [4.78, 5) is 19.7. The summed E-state index contributed by atoms with van der Waals surface area (Å²) >= 11 is 1.41. The van der Waals surface area contributed by atoms with Crippen molar-refractivity contribution in [2.24, 2.45) is 4.99 Å². The van der Waals surface area contributed by atoms with Gasteiger partial charge in [-0.05, 0) is 43.0 Å². The maximum Gasteiger partial charge on any atom is 0.266 e. The second kappa shape index (κ2) is 7.52. The summed E-state index contributed by atoms with van der Waals surface area (Å²) < 4.78 is 2.14. The first-order valence-corrected chi connectivity index (χ1v) is 9.90. The zero-order valence-electron chi connectivity index (χ0n) is 15.9. The summed E-state index contributed by atoms with van der Waals surface area (Å²) in [6.07, 6.45) is 5.91. The second-order valence-corrected chi connectivity index (χ2v) is 7.76. The van der Waals surface area contributed by atoms with Gasteiger partial charge in [0.15, 0.2) is 5.17 Å². The third kappa shape index (κ3) is 3.41. The monoisotopic (exact) mass is 387 g/mol. The molecule has 1 aromatic heterocycles.